The van der Waals surface area contributed by atoms with Crippen molar-refractivity contribution in [2.24, 2.45) is 0 Å². The van der Waals surface area contributed by atoms with Gasteiger partial charge in [-0.3, -0.25) is 9.59 Å². The van der Waals surface area contributed by atoms with Crippen LogP contribution >= 0.6 is 0 Å². The molecule has 0 spiro atoms. The molecule has 0 aromatic heterocycles. The third-order valence-corrected chi connectivity index (χ3v) is 6.32. The number of amides is 2. The van der Waals surface area contributed by atoms with Crippen LogP contribution in [0.5, 0.6) is 0 Å². The number of morpholine rings is 1. The second-order valence-electron chi connectivity index (χ2n) is 8.08. The van der Waals surface area contributed by atoms with Gasteiger partial charge >= 0.3 is 0 Å². The Morgan fingerprint density at radius 1 is 1.30 bits per heavy atom. The van der Waals surface area contributed by atoms with Gasteiger partial charge in [-0.25, -0.2) is 0 Å². The molecule has 0 bridgehead atoms. The highest BCUT2D eigenvalue weighted by molar-refractivity contribution is 5.86. The first-order valence-corrected chi connectivity index (χ1v) is 9.74. The average Bonchev–Trinajstić information content (AvgIpc) is 3.13. The molecule has 6 nitrogen and oxygen atoms in total. The zero-order valence-electron chi connectivity index (χ0n) is 16.8. The lowest BCUT2D eigenvalue weighted by Gasteiger charge is -2.40. The maximum Gasteiger partial charge on any atom is 0.251 e. The van der Waals surface area contributed by atoms with Crippen molar-refractivity contribution in [3.05, 3.63) is 35.4 Å². The number of likely N-dealkylation sites (N-methyl/N-ethyl adjacent to an activating group) is 2. The highest BCUT2D eigenvalue weighted by Crippen LogP contribution is 2.34. The molecule has 1 aromatic carbocycles. The third-order valence-electron chi connectivity index (χ3n) is 6.32. The van der Waals surface area contributed by atoms with E-state index in [4.69, 9.17) is 4.74 Å². The molecule has 1 heterocycles. The molecule has 6 heteroatoms. The largest absolute Gasteiger partial charge is 0.356 e. The van der Waals surface area contributed by atoms with E-state index in [-0.39, 0.29) is 24.0 Å². The lowest BCUT2D eigenvalue weighted by Crippen LogP contribution is -2.56. The Morgan fingerprint density at radius 2 is 1.96 bits per heavy atom. The molecule has 148 valence electrons. The van der Waals surface area contributed by atoms with E-state index in [0.717, 1.165) is 24.0 Å². The second-order valence-corrected chi connectivity index (χ2v) is 8.08. The summed E-state index contributed by atoms with van der Waals surface area (Å²) in [5, 5.41) is 3.13. The quantitative estimate of drug-likeness (QED) is 0.856. The summed E-state index contributed by atoms with van der Waals surface area (Å²) < 4.78 is 5.74. The van der Waals surface area contributed by atoms with E-state index in [1.54, 1.807) is 11.9 Å². The highest BCUT2D eigenvalue weighted by Gasteiger charge is 2.42. The minimum atomic E-state index is -0.700. The highest BCUT2D eigenvalue weighted by atomic mass is 16.5. The summed E-state index contributed by atoms with van der Waals surface area (Å²) in [6.45, 7) is 2.55. The maximum atomic E-state index is 13.1. The standard InChI is InChI=1S/C21H31N3O3/c1-15-9-5-6-10-16(15)18-19(27-13-17(25)24(18)4)20(26)22-14-21(23(2)3)11-7-8-12-21/h5-6,9-10,18-19H,7-8,11-14H2,1-4H3,(H,22,26). The Bertz CT molecular complexity index is 698. The molecular weight excluding hydrogens is 342 g/mol. The minimum absolute atomic E-state index is 0.0181. The summed E-state index contributed by atoms with van der Waals surface area (Å²) in [5.74, 6) is -0.247. The topological polar surface area (TPSA) is 61.9 Å². The Labute approximate surface area is 161 Å². The number of rotatable bonds is 5. The van der Waals surface area contributed by atoms with Crippen LogP contribution in [-0.2, 0) is 14.3 Å². The maximum absolute atomic E-state index is 13.1. The van der Waals surface area contributed by atoms with Crippen LogP contribution in [0.3, 0.4) is 0 Å². The molecule has 2 amide bonds. The summed E-state index contributed by atoms with van der Waals surface area (Å²) in [4.78, 5) is 29.2. The molecule has 3 rings (SSSR count). The third kappa shape index (κ3) is 3.87. The summed E-state index contributed by atoms with van der Waals surface area (Å²) in [6, 6.07) is 7.45. The molecule has 0 radical (unpaired) electrons. The van der Waals surface area contributed by atoms with Gasteiger partial charge in [0.05, 0.1) is 6.04 Å². The Morgan fingerprint density at radius 3 is 2.59 bits per heavy atom. The number of ether oxygens (including phenoxy) is 1. The first-order valence-electron chi connectivity index (χ1n) is 9.74. The summed E-state index contributed by atoms with van der Waals surface area (Å²) >= 11 is 0. The average molecular weight is 373 g/mol. The van der Waals surface area contributed by atoms with Gasteiger partial charge in [-0.1, -0.05) is 37.1 Å². The van der Waals surface area contributed by atoms with E-state index in [0.29, 0.717) is 6.54 Å². The fourth-order valence-electron chi connectivity index (χ4n) is 4.39. The molecule has 1 aliphatic carbocycles. The van der Waals surface area contributed by atoms with Crippen molar-refractivity contribution in [1.29, 1.82) is 0 Å². The van der Waals surface area contributed by atoms with Gasteiger partial charge in [-0.05, 0) is 45.0 Å². The number of carbonyl (C=O) groups excluding carboxylic acids is 2. The van der Waals surface area contributed by atoms with E-state index in [1.807, 2.05) is 31.2 Å². The van der Waals surface area contributed by atoms with Gasteiger partial charge in [0, 0.05) is 19.1 Å². The molecule has 1 N–H and O–H groups in total. The van der Waals surface area contributed by atoms with Crippen molar-refractivity contribution in [2.75, 3.05) is 34.3 Å². The Balaban J connectivity index is 1.79. The Kier molecular flexibility index (Phi) is 5.86. The van der Waals surface area contributed by atoms with Crippen LogP contribution in [0.15, 0.2) is 24.3 Å². The van der Waals surface area contributed by atoms with Gasteiger partial charge in [-0.2, -0.15) is 0 Å². The fraction of sp³-hybridized carbons (Fsp3) is 0.619. The van der Waals surface area contributed by atoms with E-state index in [1.165, 1.54) is 12.8 Å². The van der Waals surface area contributed by atoms with Crippen molar-refractivity contribution in [1.82, 2.24) is 15.1 Å². The van der Waals surface area contributed by atoms with Gasteiger partial charge in [0.25, 0.3) is 5.91 Å². The van der Waals surface area contributed by atoms with Crippen LogP contribution in [0.4, 0.5) is 0 Å². The number of nitrogens with zero attached hydrogens (tertiary/aromatic N) is 2. The van der Waals surface area contributed by atoms with Crippen molar-refractivity contribution >= 4 is 11.8 Å². The van der Waals surface area contributed by atoms with Crippen LogP contribution in [0, 0.1) is 6.92 Å². The van der Waals surface area contributed by atoms with Crippen molar-refractivity contribution in [3.8, 4) is 0 Å². The predicted octanol–water partition coefficient (Wildman–Crippen LogP) is 1.88. The first kappa shape index (κ1) is 19.8. The number of nitrogens with one attached hydrogen (secondary N) is 1. The van der Waals surface area contributed by atoms with Crippen molar-refractivity contribution in [2.45, 2.75) is 50.3 Å². The number of hydrogen-bond acceptors (Lipinski definition) is 4. The Hall–Kier alpha value is -1.92. The van der Waals surface area contributed by atoms with Gasteiger partial charge in [0.1, 0.15) is 6.61 Å². The lowest BCUT2D eigenvalue weighted by atomic mass is 9.93. The SMILES string of the molecule is Cc1ccccc1C1C(C(=O)NCC2(N(C)C)CCCC2)OCC(=O)N1C. The van der Waals surface area contributed by atoms with E-state index >= 15 is 0 Å². The predicted molar refractivity (Wildman–Crippen MR) is 104 cm³/mol. The second kappa shape index (κ2) is 7.98. The normalized spacial score (nSPS) is 25.1. The number of aryl methyl sites for hydroxylation is 1. The van der Waals surface area contributed by atoms with Gasteiger partial charge in [-0.15, -0.1) is 0 Å². The summed E-state index contributed by atoms with van der Waals surface area (Å²) in [7, 11) is 5.91. The zero-order chi connectivity index (χ0) is 19.6. The molecule has 27 heavy (non-hydrogen) atoms. The molecule has 2 aliphatic rings. The first-order chi connectivity index (χ1) is 12.9. The van der Waals surface area contributed by atoms with Gasteiger partial charge in [0.15, 0.2) is 6.10 Å². The smallest absolute Gasteiger partial charge is 0.251 e. The molecule has 2 fully saturated rings. The molecule has 2 unspecified atom stereocenters. The van der Waals surface area contributed by atoms with E-state index < -0.39 is 12.1 Å². The monoisotopic (exact) mass is 373 g/mol. The molecule has 1 saturated carbocycles. The molecule has 1 aliphatic heterocycles. The van der Waals surface area contributed by atoms with E-state index in [2.05, 4.69) is 24.3 Å². The lowest BCUT2D eigenvalue weighted by molar-refractivity contribution is -0.162. The number of hydrogen-bond donors (Lipinski definition) is 1. The van der Waals surface area contributed by atoms with Gasteiger partial charge in [0.2, 0.25) is 5.91 Å². The zero-order valence-corrected chi connectivity index (χ0v) is 16.8. The van der Waals surface area contributed by atoms with Crippen LogP contribution in [0.25, 0.3) is 0 Å². The minimum Gasteiger partial charge on any atom is -0.356 e. The molecule has 1 saturated heterocycles. The van der Waals surface area contributed by atoms with Crippen LogP contribution in [0.2, 0.25) is 0 Å². The molecular formula is C21H31N3O3. The molecule has 2 atom stereocenters. The van der Waals surface area contributed by atoms with Gasteiger partial charge < -0.3 is 19.9 Å². The number of benzene rings is 1. The van der Waals surface area contributed by atoms with Crippen LogP contribution < -0.4 is 5.32 Å². The molecule has 1 aromatic rings. The van der Waals surface area contributed by atoms with E-state index in [9.17, 15) is 9.59 Å². The summed E-state index contributed by atoms with van der Waals surface area (Å²) in [6.07, 6.45) is 3.86. The van der Waals surface area contributed by atoms with Crippen molar-refractivity contribution < 1.29 is 14.3 Å². The summed E-state index contributed by atoms with van der Waals surface area (Å²) in [5.41, 5.74) is 2.02. The van der Waals surface area contributed by atoms with Crippen LogP contribution in [-0.4, -0.2) is 67.6 Å². The van der Waals surface area contributed by atoms with Crippen molar-refractivity contribution in [3.63, 3.8) is 0 Å². The fourth-order valence-corrected chi connectivity index (χ4v) is 4.39. The number of carbonyl (C=O) groups is 2. The van der Waals surface area contributed by atoms with Crippen LogP contribution in [0.1, 0.15) is 42.9 Å².